The van der Waals surface area contributed by atoms with Crippen LogP contribution in [-0.2, 0) is 10.2 Å². The van der Waals surface area contributed by atoms with Gasteiger partial charge in [0.25, 0.3) is 0 Å². The molecule has 1 saturated heterocycles. The zero-order valence-electron chi connectivity index (χ0n) is 17.1. The molecule has 1 aromatic heterocycles. The van der Waals surface area contributed by atoms with Crippen LogP contribution in [0.4, 0.5) is 0 Å². The fourth-order valence-corrected chi connectivity index (χ4v) is 4.62. The van der Waals surface area contributed by atoms with Gasteiger partial charge in [0.05, 0.1) is 14.2 Å². The summed E-state index contributed by atoms with van der Waals surface area (Å²) in [6.45, 7) is 0.994. The van der Waals surface area contributed by atoms with Gasteiger partial charge in [-0.3, -0.25) is 0 Å². The highest BCUT2D eigenvalue weighted by molar-refractivity contribution is 5.87. The van der Waals surface area contributed by atoms with Crippen LogP contribution < -0.4 is 9.47 Å². The molecule has 1 aromatic carbocycles. The van der Waals surface area contributed by atoms with Gasteiger partial charge in [-0.25, -0.2) is 9.78 Å². The Morgan fingerprint density at radius 3 is 2.72 bits per heavy atom. The number of allylic oxidation sites excluding steroid dienone is 1. The topological polar surface area (TPSA) is 60.9 Å². The number of pyridine rings is 1. The van der Waals surface area contributed by atoms with Gasteiger partial charge in [0.2, 0.25) is 0 Å². The number of fused-ring (bicyclic) bond motifs is 1. The van der Waals surface area contributed by atoms with Crippen molar-refractivity contribution in [3.8, 4) is 11.5 Å². The van der Waals surface area contributed by atoms with Crippen molar-refractivity contribution < 1.29 is 19.0 Å². The minimum absolute atomic E-state index is 0.0325. The summed E-state index contributed by atoms with van der Waals surface area (Å²) in [4.78, 5) is 18.9. The molecule has 1 fully saturated rings. The van der Waals surface area contributed by atoms with Crippen molar-refractivity contribution in [1.29, 1.82) is 0 Å². The maximum absolute atomic E-state index is 12.4. The largest absolute Gasteiger partial charge is 0.493 e. The first kappa shape index (κ1) is 19.5. The normalized spacial score (nSPS) is 23.8. The molecule has 2 aromatic rings. The van der Waals surface area contributed by atoms with Gasteiger partial charge in [0.15, 0.2) is 11.5 Å². The highest BCUT2D eigenvalue weighted by atomic mass is 16.5. The Balaban J connectivity index is 1.61. The first-order valence-electron chi connectivity index (χ1n) is 9.82. The summed E-state index contributed by atoms with van der Waals surface area (Å²) in [5, 5.41) is 0. The molecule has 0 radical (unpaired) electrons. The highest BCUT2D eigenvalue weighted by Gasteiger charge is 2.49. The van der Waals surface area contributed by atoms with Crippen LogP contribution in [0, 0.1) is 0 Å². The zero-order valence-corrected chi connectivity index (χ0v) is 17.1. The minimum Gasteiger partial charge on any atom is -0.493 e. The maximum atomic E-state index is 12.4. The number of hydrogen-bond acceptors (Lipinski definition) is 6. The molecule has 2 atom stereocenters. The number of likely N-dealkylation sites (tertiary alicyclic amines) is 1. The number of aromatic nitrogens is 1. The minimum atomic E-state index is -0.406. The van der Waals surface area contributed by atoms with Gasteiger partial charge in [-0.2, -0.15) is 0 Å². The van der Waals surface area contributed by atoms with E-state index in [4.69, 9.17) is 14.2 Å². The van der Waals surface area contributed by atoms with E-state index in [9.17, 15) is 4.79 Å². The first-order valence-corrected chi connectivity index (χ1v) is 9.82. The lowest BCUT2D eigenvalue weighted by atomic mass is 9.68. The molecule has 1 aliphatic carbocycles. The van der Waals surface area contributed by atoms with Gasteiger partial charge in [-0.05, 0) is 62.3 Å². The summed E-state index contributed by atoms with van der Waals surface area (Å²) < 4.78 is 16.6. The SMILES string of the molecule is COc1ccc([C@@]23CC=C(OC(=O)c4ccccn4)C[C@@H]2N(C)CC3)cc1OC. The van der Waals surface area contributed by atoms with Crippen molar-refractivity contribution in [2.75, 3.05) is 27.8 Å². The third-order valence-electron chi connectivity index (χ3n) is 6.23. The van der Waals surface area contributed by atoms with Crippen molar-refractivity contribution in [3.05, 3.63) is 65.7 Å². The van der Waals surface area contributed by atoms with Crippen LogP contribution in [0.2, 0.25) is 0 Å². The number of hydrogen-bond donors (Lipinski definition) is 0. The third kappa shape index (κ3) is 3.49. The lowest BCUT2D eigenvalue weighted by Gasteiger charge is -2.40. The fraction of sp³-hybridized carbons (Fsp3) is 0.391. The molecule has 152 valence electrons. The van der Waals surface area contributed by atoms with Crippen LogP contribution in [0.15, 0.2) is 54.4 Å². The summed E-state index contributed by atoms with van der Waals surface area (Å²) in [7, 11) is 5.44. The van der Waals surface area contributed by atoms with Crippen LogP contribution in [0.1, 0.15) is 35.3 Å². The molecule has 0 unspecified atom stereocenters. The summed E-state index contributed by atoms with van der Waals surface area (Å²) in [6.07, 6.45) is 6.19. The number of nitrogens with zero attached hydrogens (tertiary/aromatic N) is 2. The second-order valence-corrected chi connectivity index (χ2v) is 7.66. The Morgan fingerprint density at radius 1 is 1.17 bits per heavy atom. The van der Waals surface area contributed by atoms with Crippen molar-refractivity contribution >= 4 is 5.97 Å². The maximum Gasteiger partial charge on any atom is 0.361 e. The molecule has 0 bridgehead atoms. The molecular weight excluding hydrogens is 368 g/mol. The van der Waals surface area contributed by atoms with E-state index in [-0.39, 0.29) is 11.5 Å². The number of rotatable bonds is 5. The number of esters is 1. The van der Waals surface area contributed by atoms with E-state index >= 15 is 0 Å². The van der Waals surface area contributed by atoms with Crippen molar-refractivity contribution in [2.24, 2.45) is 0 Å². The monoisotopic (exact) mass is 394 g/mol. The molecule has 6 heteroatoms. The van der Waals surface area contributed by atoms with E-state index in [0.29, 0.717) is 12.1 Å². The lowest BCUT2D eigenvalue weighted by molar-refractivity contribution is 0.0573. The molecule has 0 spiro atoms. The molecular formula is C23H26N2O4. The summed E-state index contributed by atoms with van der Waals surface area (Å²) in [5.41, 5.74) is 1.52. The van der Waals surface area contributed by atoms with Gasteiger partial charge in [0, 0.05) is 24.1 Å². The third-order valence-corrected chi connectivity index (χ3v) is 6.23. The molecule has 0 N–H and O–H groups in total. The number of ether oxygens (including phenoxy) is 3. The van der Waals surface area contributed by atoms with Crippen LogP contribution in [-0.4, -0.2) is 49.7 Å². The van der Waals surface area contributed by atoms with Crippen LogP contribution >= 0.6 is 0 Å². The average Bonchev–Trinajstić information content (AvgIpc) is 3.11. The van der Waals surface area contributed by atoms with E-state index in [2.05, 4.69) is 35.1 Å². The van der Waals surface area contributed by atoms with E-state index < -0.39 is 5.97 Å². The summed E-state index contributed by atoms with van der Waals surface area (Å²) >= 11 is 0. The molecule has 29 heavy (non-hydrogen) atoms. The Labute approximate surface area is 171 Å². The second kappa shape index (κ2) is 7.87. The lowest BCUT2D eigenvalue weighted by Crippen LogP contribution is -2.43. The Morgan fingerprint density at radius 2 is 2.00 bits per heavy atom. The number of methoxy groups -OCH3 is 2. The van der Waals surface area contributed by atoms with Crippen molar-refractivity contribution in [3.63, 3.8) is 0 Å². The van der Waals surface area contributed by atoms with Crippen LogP contribution in [0.25, 0.3) is 0 Å². The van der Waals surface area contributed by atoms with Gasteiger partial charge in [0.1, 0.15) is 11.5 Å². The molecule has 2 heterocycles. The van der Waals surface area contributed by atoms with Gasteiger partial charge in [-0.1, -0.05) is 12.1 Å². The Kier molecular flexibility index (Phi) is 5.28. The Bertz CT molecular complexity index is 928. The number of carbonyl (C=O) groups excluding carboxylic acids is 1. The van der Waals surface area contributed by atoms with Crippen LogP contribution in [0.3, 0.4) is 0 Å². The summed E-state index contributed by atoms with van der Waals surface area (Å²) in [6, 6.07) is 11.7. The second-order valence-electron chi connectivity index (χ2n) is 7.66. The Hall–Kier alpha value is -2.86. The highest BCUT2D eigenvalue weighted by Crippen LogP contribution is 2.49. The first-order chi connectivity index (χ1) is 14.1. The smallest absolute Gasteiger partial charge is 0.361 e. The standard InChI is InChI=1S/C23H26N2O4/c1-25-13-11-23(16-7-8-19(27-2)20(14-16)28-3)10-9-17(15-21(23)25)29-22(26)18-6-4-5-12-24-18/h4-9,12,14,21H,10-11,13,15H2,1-3H3/t21-,23-/m0/s1. The van der Waals surface area contributed by atoms with E-state index in [1.54, 1.807) is 38.6 Å². The van der Waals surface area contributed by atoms with Crippen LogP contribution in [0.5, 0.6) is 11.5 Å². The predicted octanol–water partition coefficient (Wildman–Crippen LogP) is 3.58. The van der Waals surface area contributed by atoms with Gasteiger partial charge < -0.3 is 19.1 Å². The predicted molar refractivity (Wildman–Crippen MR) is 109 cm³/mol. The van der Waals surface area contributed by atoms with Gasteiger partial charge >= 0.3 is 5.97 Å². The number of likely N-dealkylation sites (N-methyl/N-ethyl adjacent to an activating group) is 1. The fourth-order valence-electron chi connectivity index (χ4n) is 4.62. The summed E-state index contributed by atoms with van der Waals surface area (Å²) in [5.74, 6) is 1.78. The number of benzene rings is 1. The van der Waals surface area contributed by atoms with E-state index in [1.807, 2.05) is 6.07 Å². The molecule has 1 aliphatic heterocycles. The number of carbonyl (C=O) groups is 1. The van der Waals surface area contributed by atoms with Gasteiger partial charge in [-0.15, -0.1) is 0 Å². The quantitative estimate of drug-likeness (QED) is 0.723. The zero-order chi connectivity index (χ0) is 20.4. The van der Waals surface area contributed by atoms with Crippen molar-refractivity contribution in [1.82, 2.24) is 9.88 Å². The molecule has 2 aliphatic rings. The molecule has 0 amide bonds. The van der Waals surface area contributed by atoms with E-state index in [0.717, 1.165) is 36.6 Å². The average molecular weight is 394 g/mol. The molecule has 0 saturated carbocycles. The molecule has 6 nitrogen and oxygen atoms in total. The van der Waals surface area contributed by atoms with E-state index in [1.165, 1.54) is 5.56 Å². The van der Waals surface area contributed by atoms with Crippen molar-refractivity contribution in [2.45, 2.75) is 30.7 Å². The molecule has 4 rings (SSSR count).